The SMILES string of the molecule is COC(=O)NCC1CCC(N)CC1. The molecule has 0 bridgehead atoms. The van der Waals surface area contributed by atoms with Crippen LogP contribution < -0.4 is 11.1 Å². The van der Waals surface area contributed by atoms with E-state index in [-0.39, 0.29) is 6.09 Å². The molecule has 1 aliphatic rings. The van der Waals surface area contributed by atoms with Gasteiger partial charge in [-0.1, -0.05) is 0 Å². The number of methoxy groups -OCH3 is 1. The molecule has 0 heterocycles. The molecule has 1 fully saturated rings. The van der Waals surface area contributed by atoms with Crippen LogP contribution >= 0.6 is 0 Å². The van der Waals surface area contributed by atoms with E-state index in [0.29, 0.717) is 12.0 Å². The Morgan fingerprint density at radius 2 is 2.08 bits per heavy atom. The Bertz CT molecular complexity index is 165. The summed E-state index contributed by atoms with van der Waals surface area (Å²) in [6.45, 7) is 0.722. The highest BCUT2D eigenvalue weighted by Gasteiger charge is 2.18. The van der Waals surface area contributed by atoms with Crippen LogP contribution in [0.3, 0.4) is 0 Å². The van der Waals surface area contributed by atoms with Crippen LogP contribution in [0.2, 0.25) is 0 Å². The lowest BCUT2D eigenvalue weighted by molar-refractivity contribution is 0.167. The van der Waals surface area contributed by atoms with E-state index in [1.165, 1.54) is 7.11 Å². The number of nitrogens with one attached hydrogen (secondary N) is 1. The van der Waals surface area contributed by atoms with Gasteiger partial charge in [0.2, 0.25) is 0 Å². The monoisotopic (exact) mass is 186 g/mol. The average Bonchev–Trinajstić information content (AvgIpc) is 2.16. The van der Waals surface area contributed by atoms with Crippen LogP contribution in [0, 0.1) is 5.92 Å². The summed E-state index contributed by atoms with van der Waals surface area (Å²) in [5.74, 6) is 0.582. The molecule has 0 atom stereocenters. The minimum absolute atomic E-state index is 0.338. The van der Waals surface area contributed by atoms with Crippen LogP contribution in [-0.4, -0.2) is 25.8 Å². The van der Waals surface area contributed by atoms with Crippen molar-refractivity contribution in [3.63, 3.8) is 0 Å². The summed E-state index contributed by atoms with van der Waals surface area (Å²) in [4.78, 5) is 10.8. The number of carbonyl (C=O) groups excluding carboxylic acids is 1. The number of rotatable bonds is 2. The van der Waals surface area contributed by atoms with Gasteiger partial charge in [-0.3, -0.25) is 0 Å². The number of ether oxygens (including phenoxy) is 1. The summed E-state index contributed by atoms with van der Waals surface area (Å²) in [5.41, 5.74) is 5.77. The molecule has 4 heteroatoms. The maximum Gasteiger partial charge on any atom is 0.406 e. The molecular formula is C9H18N2O2. The molecule has 0 aromatic heterocycles. The third-order valence-electron chi connectivity index (χ3n) is 2.61. The molecule has 0 aromatic carbocycles. The van der Waals surface area contributed by atoms with Crippen LogP contribution in [0.5, 0.6) is 0 Å². The number of carbonyl (C=O) groups is 1. The van der Waals surface area contributed by atoms with Crippen molar-refractivity contribution < 1.29 is 9.53 Å². The Labute approximate surface area is 78.8 Å². The summed E-state index contributed by atoms with van der Waals surface area (Å²) in [5, 5.41) is 2.71. The van der Waals surface area contributed by atoms with E-state index in [1.54, 1.807) is 0 Å². The largest absolute Gasteiger partial charge is 0.453 e. The molecular weight excluding hydrogens is 168 g/mol. The summed E-state index contributed by atoms with van der Waals surface area (Å²) < 4.78 is 4.49. The van der Waals surface area contributed by atoms with Gasteiger partial charge in [0, 0.05) is 12.6 Å². The average molecular weight is 186 g/mol. The summed E-state index contributed by atoms with van der Waals surface area (Å²) in [6.07, 6.45) is 4.05. The molecule has 0 saturated heterocycles. The van der Waals surface area contributed by atoms with Crippen molar-refractivity contribution in [1.82, 2.24) is 5.32 Å². The number of nitrogens with two attached hydrogens (primary N) is 1. The minimum atomic E-state index is -0.338. The molecule has 1 amide bonds. The van der Waals surface area contributed by atoms with E-state index in [9.17, 15) is 4.79 Å². The third-order valence-corrected chi connectivity index (χ3v) is 2.61. The second kappa shape index (κ2) is 5.07. The molecule has 4 nitrogen and oxygen atoms in total. The summed E-state index contributed by atoms with van der Waals surface area (Å²) >= 11 is 0. The van der Waals surface area contributed by atoms with Crippen molar-refractivity contribution in [2.75, 3.05) is 13.7 Å². The Balaban J connectivity index is 2.12. The molecule has 1 aliphatic carbocycles. The molecule has 3 N–H and O–H groups in total. The van der Waals surface area contributed by atoms with Gasteiger partial charge in [0.15, 0.2) is 0 Å². The zero-order chi connectivity index (χ0) is 9.68. The number of hydrogen-bond acceptors (Lipinski definition) is 3. The second-order valence-electron chi connectivity index (χ2n) is 3.65. The predicted octanol–water partition coefficient (Wildman–Crippen LogP) is 0.860. The highest BCUT2D eigenvalue weighted by molar-refractivity contribution is 5.66. The lowest BCUT2D eigenvalue weighted by Gasteiger charge is -2.25. The highest BCUT2D eigenvalue weighted by Crippen LogP contribution is 2.22. The van der Waals surface area contributed by atoms with E-state index in [0.717, 1.165) is 32.2 Å². The van der Waals surface area contributed by atoms with Gasteiger partial charge in [-0.25, -0.2) is 4.79 Å². The van der Waals surface area contributed by atoms with E-state index >= 15 is 0 Å². The van der Waals surface area contributed by atoms with Crippen molar-refractivity contribution in [1.29, 1.82) is 0 Å². The molecule has 1 rings (SSSR count). The van der Waals surface area contributed by atoms with Crippen molar-refractivity contribution in [2.45, 2.75) is 31.7 Å². The Morgan fingerprint density at radius 1 is 1.46 bits per heavy atom. The lowest BCUT2D eigenvalue weighted by Crippen LogP contribution is -2.34. The van der Waals surface area contributed by atoms with Crippen LogP contribution in [0.25, 0.3) is 0 Å². The van der Waals surface area contributed by atoms with Crippen molar-refractivity contribution in [3.8, 4) is 0 Å². The molecule has 0 radical (unpaired) electrons. The van der Waals surface area contributed by atoms with E-state index in [4.69, 9.17) is 5.73 Å². The molecule has 0 aliphatic heterocycles. The Hall–Kier alpha value is -0.770. The van der Waals surface area contributed by atoms with Gasteiger partial charge in [-0.05, 0) is 31.6 Å². The second-order valence-corrected chi connectivity index (χ2v) is 3.65. The number of hydrogen-bond donors (Lipinski definition) is 2. The molecule has 1 saturated carbocycles. The molecule has 13 heavy (non-hydrogen) atoms. The highest BCUT2D eigenvalue weighted by atomic mass is 16.5. The van der Waals surface area contributed by atoms with Crippen LogP contribution in [-0.2, 0) is 4.74 Å². The first kappa shape index (κ1) is 10.3. The normalized spacial score (nSPS) is 28.2. The fraction of sp³-hybridized carbons (Fsp3) is 0.889. The van der Waals surface area contributed by atoms with Gasteiger partial charge in [0.1, 0.15) is 0 Å². The quantitative estimate of drug-likeness (QED) is 0.672. The van der Waals surface area contributed by atoms with Gasteiger partial charge >= 0.3 is 6.09 Å². The fourth-order valence-electron chi connectivity index (χ4n) is 1.69. The first-order valence-corrected chi connectivity index (χ1v) is 4.79. The maximum atomic E-state index is 10.8. The lowest BCUT2D eigenvalue weighted by atomic mass is 9.86. The minimum Gasteiger partial charge on any atom is -0.453 e. The molecule has 0 spiro atoms. The van der Waals surface area contributed by atoms with Gasteiger partial charge < -0.3 is 15.8 Å². The maximum absolute atomic E-state index is 10.8. The molecule has 76 valence electrons. The van der Waals surface area contributed by atoms with Gasteiger partial charge in [0.05, 0.1) is 7.11 Å². The van der Waals surface area contributed by atoms with Crippen molar-refractivity contribution >= 4 is 6.09 Å². The van der Waals surface area contributed by atoms with Gasteiger partial charge in [-0.15, -0.1) is 0 Å². The van der Waals surface area contributed by atoms with E-state index in [2.05, 4.69) is 10.1 Å². The topological polar surface area (TPSA) is 64.3 Å². The molecule has 0 aromatic rings. The number of alkyl carbamates (subject to hydrolysis) is 1. The first-order chi connectivity index (χ1) is 6.22. The standard InChI is InChI=1S/C9H18N2O2/c1-13-9(12)11-6-7-2-4-8(10)5-3-7/h7-8H,2-6,10H2,1H3,(H,11,12). The van der Waals surface area contributed by atoms with E-state index < -0.39 is 0 Å². The van der Waals surface area contributed by atoms with E-state index in [1.807, 2.05) is 0 Å². The summed E-state index contributed by atoms with van der Waals surface area (Å²) in [7, 11) is 1.38. The van der Waals surface area contributed by atoms with Crippen molar-refractivity contribution in [3.05, 3.63) is 0 Å². The zero-order valence-electron chi connectivity index (χ0n) is 8.08. The number of amides is 1. The third kappa shape index (κ3) is 3.63. The van der Waals surface area contributed by atoms with Crippen LogP contribution in [0.1, 0.15) is 25.7 Å². The van der Waals surface area contributed by atoms with Gasteiger partial charge in [0.25, 0.3) is 0 Å². The Kier molecular flexibility index (Phi) is 4.02. The smallest absolute Gasteiger partial charge is 0.406 e. The first-order valence-electron chi connectivity index (χ1n) is 4.79. The molecule has 0 unspecified atom stereocenters. The zero-order valence-corrected chi connectivity index (χ0v) is 8.08. The fourth-order valence-corrected chi connectivity index (χ4v) is 1.69. The predicted molar refractivity (Wildman–Crippen MR) is 50.3 cm³/mol. The van der Waals surface area contributed by atoms with Crippen molar-refractivity contribution in [2.24, 2.45) is 11.7 Å². The summed E-state index contributed by atoms with van der Waals surface area (Å²) in [6, 6.07) is 0.370. The van der Waals surface area contributed by atoms with Gasteiger partial charge in [-0.2, -0.15) is 0 Å². The van der Waals surface area contributed by atoms with Crippen LogP contribution in [0.4, 0.5) is 4.79 Å². The Morgan fingerprint density at radius 3 is 2.62 bits per heavy atom. The van der Waals surface area contributed by atoms with Crippen LogP contribution in [0.15, 0.2) is 0 Å².